The Balaban J connectivity index is 1.25. The van der Waals surface area contributed by atoms with Crippen molar-refractivity contribution in [1.29, 1.82) is 5.26 Å². The van der Waals surface area contributed by atoms with Crippen LogP contribution in [0.5, 0.6) is 0 Å². The Labute approximate surface area is 370 Å². The number of aromatic nitrogens is 3. The average Bonchev–Trinajstić information content (AvgIpc) is 3.90. The normalized spacial score (nSPS) is 11.4. The first-order chi connectivity index (χ1) is 31.8. The highest BCUT2D eigenvalue weighted by atomic mass is 15.0. The number of rotatable bonds is 7. The van der Waals surface area contributed by atoms with Crippen LogP contribution in [0.3, 0.4) is 0 Å². The van der Waals surface area contributed by atoms with Gasteiger partial charge >= 0.3 is 0 Å². The Morgan fingerprint density at radius 2 is 0.656 bits per heavy atom. The number of nitrogens with zero attached hydrogens (tertiary/aromatic N) is 4. The van der Waals surface area contributed by atoms with Gasteiger partial charge in [0.15, 0.2) is 0 Å². The van der Waals surface area contributed by atoms with Gasteiger partial charge in [0.1, 0.15) is 11.6 Å². The van der Waals surface area contributed by atoms with Crippen molar-refractivity contribution >= 4 is 43.6 Å². The summed E-state index contributed by atoms with van der Waals surface area (Å²) in [5.74, 6) is 0. The lowest BCUT2D eigenvalue weighted by Gasteiger charge is -2.18. The molecule has 0 aliphatic carbocycles. The highest BCUT2D eigenvalue weighted by Gasteiger charge is 2.26. The van der Waals surface area contributed by atoms with Crippen LogP contribution in [0.25, 0.3) is 111 Å². The molecule has 0 aliphatic heterocycles. The van der Waals surface area contributed by atoms with Gasteiger partial charge in [0.25, 0.3) is 0 Å². The number of nitriles is 1. The van der Waals surface area contributed by atoms with Gasteiger partial charge in [-0.05, 0) is 92.5 Å². The van der Waals surface area contributed by atoms with Gasteiger partial charge in [0.2, 0.25) is 0 Å². The summed E-state index contributed by atoms with van der Waals surface area (Å²) in [6.07, 6.45) is 3.72. The minimum Gasteiger partial charge on any atom is -0.308 e. The molecule has 0 atom stereocenters. The smallest absolute Gasteiger partial charge is 0.104 e. The van der Waals surface area contributed by atoms with Crippen LogP contribution in [-0.4, -0.2) is 14.1 Å². The van der Waals surface area contributed by atoms with E-state index < -0.39 is 0 Å². The average molecular weight is 815 g/mol. The molecule has 4 heteroatoms. The third-order valence-corrected chi connectivity index (χ3v) is 12.7. The van der Waals surface area contributed by atoms with Crippen molar-refractivity contribution < 1.29 is 0 Å². The molecule has 298 valence electrons. The minimum atomic E-state index is 0.565. The Morgan fingerprint density at radius 1 is 0.328 bits per heavy atom. The molecule has 4 nitrogen and oxygen atoms in total. The predicted octanol–water partition coefficient (Wildman–Crippen LogP) is 15.5. The summed E-state index contributed by atoms with van der Waals surface area (Å²) in [6.45, 7) is 0. The van der Waals surface area contributed by atoms with Crippen molar-refractivity contribution in [2.24, 2.45) is 0 Å². The van der Waals surface area contributed by atoms with E-state index in [1.54, 1.807) is 6.20 Å². The molecule has 12 aromatic rings. The van der Waals surface area contributed by atoms with Gasteiger partial charge in [-0.25, -0.2) is 0 Å². The molecule has 0 unspecified atom stereocenters. The van der Waals surface area contributed by atoms with E-state index in [4.69, 9.17) is 0 Å². The SMILES string of the molecule is N#Cc1c(-n2c3cccc(-c4ccccc4)c3c3c(-c4ccccc4)cccc32)cc(-c2cccnc2)cc1-n1c2cccc(-c3ccccc3)c2c2c(-c3ccccc3)cccc21. The number of pyridine rings is 1. The van der Waals surface area contributed by atoms with Crippen LogP contribution >= 0.6 is 0 Å². The summed E-state index contributed by atoms with van der Waals surface area (Å²) < 4.78 is 4.65. The molecular formula is C60H38N4. The van der Waals surface area contributed by atoms with Crippen molar-refractivity contribution in [3.8, 4) is 73.1 Å². The van der Waals surface area contributed by atoms with Crippen LogP contribution in [0.2, 0.25) is 0 Å². The summed E-state index contributed by atoms with van der Waals surface area (Å²) >= 11 is 0. The molecular weight excluding hydrogens is 777 g/mol. The summed E-state index contributed by atoms with van der Waals surface area (Å²) in [7, 11) is 0. The third-order valence-electron chi connectivity index (χ3n) is 12.7. The fraction of sp³-hybridized carbons (Fsp3) is 0. The molecule has 9 aromatic carbocycles. The van der Waals surface area contributed by atoms with Gasteiger partial charge in [-0.15, -0.1) is 0 Å². The molecule has 0 saturated carbocycles. The molecule has 0 N–H and O–H groups in total. The van der Waals surface area contributed by atoms with E-state index in [0.717, 1.165) is 111 Å². The molecule has 0 fully saturated rings. The first kappa shape index (κ1) is 37.0. The molecule has 0 saturated heterocycles. The first-order valence-corrected chi connectivity index (χ1v) is 21.6. The third kappa shape index (κ3) is 5.87. The van der Waals surface area contributed by atoms with Crippen molar-refractivity contribution in [2.45, 2.75) is 0 Å². The van der Waals surface area contributed by atoms with E-state index in [0.29, 0.717) is 5.56 Å². The molecule has 3 aromatic heterocycles. The lowest BCUT2D eigenvalue weighted by molar-refractivity contribution is 1.12. The molecule has 0 amide bonds. The Kier molecular flexibility index (Phi) is 8.84. The zero-order valence-corrected chi connectivity index (χ0v) is 34.7. The first-order valence-electron chi connectivity index (χ1n) is 21.6. The van der Waals surface area contributed by atoms with E-state index in [-0.39, 0.29) is 0 Å². The fourth-order valence-electron chi connectivity index (χ4n) is 9.95. The molecule has 12 rings (SSSR count). The lowest BCUT2D eigenvalue weighted by Crippen LogP contribution is -2.05. The summed E-state index contributed by atoms with van der Waals surface area (Å²) in [5.41, 5.74) is 17.2. The standard InChI is InChI=1S/C60H38N4/c61-38-50-55(63-51-31-13-27-46(40-18-5-1-6-19-40)57(51)58-47(28-14-32-52(58)63)41-20-7-2-8-21-41)36-45(44-26-17-35-62-39-44)37-56(50)64-53-33-15-29-48(42-22-9-3-10-23-42)59(53)60-49(30-16-34-54(60)64)43-24-11-4-12-25-43/h1-37,39H. The maximum Gasteiger partial charge on any atom is 0.104 e. The maximum atomic E-state index is 11.8. The molecule has 0 aliphatic rings. The van der Waals surface area contributed by atoms with Gasteiger partial charge in [0.05, 0.1) is 33.4 Å². The van der Waals surface area contributed by atoms with Crippen molar-refractivity contribution in [3.05, 3.63) is 236 Å². The van der Waals surface area contributed by atoms with Gasteiger partial charge in [-0.3, -0.25) is 4.98 Å². The van der Waals surface area contributed by atoms with Crippen LogP contribution < -0.4 is 0 Å². The Morgan fingerprint density at radius 3 is 0.953 bits per heavy atom. The Bertz CT molecular complexity index is 3340. The van der Waals surface area contributed by atoms with E-state index in [1.165, 1.54) is 0 Å². The Hall–Kier alpha value is -8.78. The highest BCUT2D eigenvalue weighted by Crippen LogP contribution is 2.47. The number of fused-ring (bicyclic) bond motifs is 6. The number of hydrogen-bond acceptors (Lipinski definition) is 2. The highest BCUT2D eigenvalue weighted by molar-refractivity contribution is 6.22. The van der Waals surface area contributed by atoms with Crippen LogP contribution in [0.4, 0.5) is 0 Å². The van der Waals surface area contributed by atoms with Gasteiger partial charge in [0, 0.05) is 39.5 Å². The van der Waals surface area contributed by atoms with Gasteiger partial charge in [-0.1, -0.05) is 176 Å². The molecule has 3 heterocycles. The van der Waals surface area contributed by atoms with Gasteiger partial charge < -0.3 is 9.13 Å². The van der Waals surface area contributed by atoms with E-state index in [1.807, 2.05) is 12.3 Å². The number of benzene rings is 9. The summed E-state index contributed by atoms with van der Waals surface area (Å²) in [6, 6.07) is 80.0. The van der Waals surface area contributed by atoms with Crippen LogP contribution in [0, 0.1) is 11.3 Å². The lowest BCUT2D eigenvalue weighted by atomic mass is 9.95. The molecule has 0 spiro atoms. The monoisotopic (exact) mass is 814 g/mol. The second-order valence-electron chi connectivity index (χ2n) is 16.2. The predicted molar refractivity (Wildman–Crippen MR) is 265 cm³/mol. The summed E-state index contributed by atoms with van der Waals surface area (Å²) in [5, 5.41) is 16.3. The zero-order chi connectivity index (χ0) is 42.6. The second-order valence-corrected chi connectivity index (χ2v) is 16.2. The van der Waals surface area contributed by atoms with E-state index in [2.05, 4.69) is 233 Å². The molecule has 0 bridgehead atoms. The topological polar surface area (TPSA) is 46.5 Å². The minimum absolute atomic E-state index is 0.565. The van der Waals surface area contributed by atoms with Crippen LogP contribution in [0.15, 0.2) is 231 Å². The van der Waals surface area contributed by atoms with Crippen LogP contribution in [-0.2, 0) is 0 Å². The summed E-state index contributed by atoms with van der Waals surface area (Å²) in [4.78, 5) is 4.59. The number of hydrogen-bond donors (Lipinski definition) is 0. The molecule has 64 heavy (non-hydrogen) atoms. The maximum absolute atomic E-state index is 11.8. The van der Waals surface area contributed by atoms with Crippen molar-refractivity contribution in [1.82, 2.24) is 14.1 Å². The van der Waals surface area contributed by atoms with Crippen molar-refractivity contribution in [3.63, 3.8) is 0 Å². The molecule has 0 radical (unpaired) electrons. The van der Waals surface area contributed by atoms with Gasteiger partial charge in [-0.2, -0.15) is 5.26 Å². The van der Waals surface area contributed by atoms with E-state index in [9.17, 15) is 5.26 Å². The quantitative estimate of drug-likeness (QED) is 0.161. The fourth-order valence-corrected chi connectivity index (χ4v) is 9.95. The van der Waals surface area contributed by atoms with Crippen LogP contribution in [0.1, 0.15) is 5.56 Å². The largest absolute Gasteiger partial charge is 0.308 e. The van der Waals surface area contributed by atoms with E-state index >= 15 is 0 Å². The zero-order valence-electron chi connectivity index (χ0n) is 34.7. The second kappa shape index (κ2) is 15.3. The van der Waals surface area contributed by atoms with Crippen molar-refractivity contribution in [2.75, 3.05) is 0 Å².